The Morgan fingerprint density at radius 3 is 2.94 bits per heavy atom. The molecule has 0 N–H and O–H groups in total. The van der Waals surface area contributed by atoms with Crippen molar-refractivity contribution in [3.8, 4) is 0 Å². The Labute approximate surface area is 109 Å². The van der Waals surface area contributed by atoms with E-state index >= 15 is 0 Å². The Morgan fingerprint density at radius 2 is 2.22 bits per heavy atom. The third kappa shape index (κ3) is 2.02. The first-order valence-electron chi connectivity index (χ1n) is 6.04. The number of hydrogen-bond donors (Lipinski definition) is 0. The van der Waals surface area contributed by atoms with Crippen LogP contribution >= 0.6 is 11.3 Å². The normalized spacial score (nSPS) is 15.9. The van der Waals surface area contributed by atoms with E-state index in [1.165, 1.54) is 14.4 Å². The molecule has 0 radical (unpaired) electrons. The van der Waals surface area contributed by atoms with Gasteiger partial charge in [-0.3, -0.25) is 9.47 Å². The summed E-state index contributed by atoms with van der Waals surface area (Å²) in [5.74, 6) is 0.877. The molecule has 0 amide bonds. The van der Waals surface area contributed by atoms with E-state index in [1.807, 2.05) is 11.3 Å². The van der Waals surface area contributed by atoms with Gasteiger partial charge in [-0.25, -0.2) is 9.48 Å². The first kappa shape index (κ1) is 11.7. The molecule has 5 nitrogen and oxygen atoms in total. The summed E-state index contributed by atoms with van der Waals surface area (Å²) in [7, 11) is 1.71. The second kappa shape index (κ2) is 4.37. The molecule has 0 fully saturated rings. The van der Waals surface area contributed by atoms with Gasteiger partial charge in [0.25, 0.3) is 0 Å². The van der Waals surface area contributed by atoms with E-state index in [-0.39, 0.29) is 5.69 Å². The molecule has 3 rings (SSSR count). The zero-order chi connectivity index (χ0) is 12.7. The van der Waals surface area contributed by atoms with Crippen LogP contribution < -0.4 is 5.69 Å². The summed E-state index contributed by atoms with van der Waals surface area (Å²) in [5, 5.41) is 4.28. The van der Waals surface area contributed by atoms with Crippen LogP contribution in [0.4, 0.5) is 0 Å². The predicted octanol–water partition coefficient (Wildman–Crippen LogP) is 0.968. The number of hydrogen-bond acceptors (Lipinski definition) is 4. The van der Waals surface area contributed by atoms with Gasteiger partial charge in [-0.15, -0.1) is 11.3 Å². The van der Waals surface area contributed by atoms with Crippen LogP contribution in [0.15, 0.2) is 16.9 Å². The Kier molecular flexibility index (Phi) is 2.83. The third-order valence-electron chi connectivity index (χ3n) is 3.27. The average Bonchev–Trinajstić information content (AvgIpc) is 2.85. The summed E-state index contributed by atoms with van der Waals surface area (Å²) in [6.07, 6.45) is 0. The van der Waals surface area contributed by atoms with Crippen molar-refractivity contribution in [3.05, 3.63) is 38.2 Å². The topological polar surface area (TPSA) is 43.1 Å². The number of fused-ring (bicyclic) bond motifs is 1. The molecule has 0 bridgehead atoms. The van der Waals surface area contributed by atoms with E-state index in [0.717, 1.165) is 32.0 Å². The van der Waals surface area contributed by atoms with E-state index in [4.69, 9.17) is 0 Å². The van der Waals surface area contributed by atoms with Crippen LogP contribution in [0.25, 0.3) is 0 Å². The molecule has 0 aromatic carbocycles. The van der Waals surface area contributed by atoms with Crippen LogP contribution in [0, 0.1) is 6.92 Å². The van der Waals surface area contributed by atoms with E-state index < -0.39 is 0 Å². The molecule has 0 saturated heterocycles. The van der Waals surface area contributed by atoms with Crippen molar-refractivity contribution in [3.63, 3.8) is 0 Å². The molecule has 0 atom stereocenters. The van der Waals surface area contributed by atoms with Crippen molar-refractivity contribution in [1.29, 1.82) is 0 Å². The summed E-state index contributed by atoms with van der Waals surface area (Å²) in [5.41, 5.74) is -0.00313. The van der Waals surface area contributed by atoms with E-state index in [2.05, 4.69) is 29.1 Å². The number of aryl methyl sites for hydroxylation is 2. The first-order chi connectivity index (χ1) is 8.63. The van der Waals surface area contributed by atoms with Gasteiger partial charge >= 0.3 is 5.69 Å². The zero-order valence-corrected chi connectivity index (χ0v) is 11.4. The lowest BCUT2D eigenvalue weighted by Crippen LogP contribution is -2.36. The molecule has 2 aromatic heterocycles. The zero-order valence-electron chi connectivity index (χ0n) is 10.6. The third-order valence-corrected chi connectivity index (χ3v) is 4.25. The molecule has 6 heteroatoms. The standard InChI is InChI=1S/C12H16N4OS/c1-9-3-4-10(18-9)7-15-5-6-16-11(8-15)13-14(2)12(16)17/h3-4H,5-8H2,1-2H3. The molecule has 0 saturated carbocycles. The van der Waals surface area contributed by atoms with Crippen molar-refractivity contribution < 1.29 is 0 Å². The summed E-state index contributed by atoms with van der Waals surface area (Å²) >= 11 is 1.84. The van der Waals surface area contributed by atoms with Crippen molar-refractivity contribution in [2.45, 2.75) is 26.6 Å². The van der Waals surface area contributed by atoms with Crippen LogP contribution in [0.1, 0.15) is 15.6 Å². The van der Waals surface area contributed by atoms with Gasteiger partial charge in [-0.1, -0.05) is 0 Å². The fourth-order valence-corrected chi connectivity index (χ4v) is 3.28. The largest absolute Gasteiger partial charge is 0.345 e. The number of rotatable bonds is 2. The highest BCUT2D eigenvalue weighted by Crippen LogP contribution is 2.19. The highest BCUT2D eigenvalue weighted by Gasteiger charge is 2.20. The fraction of sp³-hybridized carbons (Fsp3) is 0.500. The van der Waals surface area contributed by atoms with Crippen LogP contribution in [-0.4, -0.2) is 25.8 Å². The van der Waals surface area contributed by atoms with Gasteiger partial charge in [-0.05, 0) is 19.1 Å². The fourth-order valence-electron chi connectivity index (χ4n) is 2.34. The second-order valence-electron chi connectivity index (χ2n) is 4.70. The quantitative estimate of drug-likeness (QED) is 0.811. The highest BCUT2D eigenvalue weighted by atomic mass is 32.1. The second-order valence-corrected chi connectivity index (χ2v) is 6.07. The molecule has 0 spiro atoms. The van der Waals surface area contributed by atoms with Gasteiger partial charge in [0.2, 0.25) is 0 Å². The predicted molar refractivity (Wildman–Crippen MR) is 70.6 cm³/mol. The number of thiophene rings is 1. The minimum Gasteiger partial charge on any atom is -0.289 e. The monoisotopic (exact) mass is 264 g/mol. The molecule has 0 aliphatic carbocycles. The lowest BCUT2D eigenvalue weighted by Gasteiger charge is -2.25. The molecular formula is C12H16N4OS. The molecule has 2 aromatic rings. The van der Waals surface area contributed by atoms with Gasteiger partial charge in [0.1, 0.15) is 5.82 Å². The molecule has 18 heavy (non-hydrogen) atoms. The average molecular weight is 264 g/mol. The van der Waals surface area contributed by atoms with E-state index in [0.29, 0.717) is 0 Å². The Balaban J connectivity index is 1.77. The lowest BCUT2D eigenvalue weighted by atomic mass is 10.3. The molecule has 3 heterocycles. The first-order valence-corrected chi connectivity index (χ1v) is 6.85. The van der Waals surface area contributed by atoms with E-state index in [1.54, 1.807) is 11.6 Å². The smallest absolute Gasteiger partial charge is 0.289 e. The van der Waals surface area contributed by atoms with Gasteiger partial charge in [0.05, 0.1) is 6.54 Å². The number of aromatic nitrogens is 3. The Bertz CT molecular complexity index is 624. The SMILES string of the molecule is Cc1ccc(CN2CCn3c(nn(C)c3=O)C2)s1. The lowest BCUT2D eigenvalue weighted by molar-refractivity contribution is 0.209. The molecular weight excluding hydrogens is 248 g/mol. The van der Waals surface area contributed by atoms with E-state index in [9.17, 15) is 4.79 Å². The summed E-state index contributed by atoms with van der Waals surface area (Å²) in [4.78, 5) is 16.8. The maximum Gasteiger partial charge on any atom is 0.345 e. The van der Waals surface area contributed by atoms with Crippen LogP contribution in [0.5, 0.6) is 0 Å². The minimum absolute atomic E-state index is 0.00313. The van der Waals surface area contributed by atoms with Gasteiger partial charge in [0, 0.05) is 36.4 Å². The maximum absolute atomic E-state index is 11.7. The maximum atomic E-state index is 11.7. The molecule has 1 aliphatic heterocycles. The van der Waals surface area contributed by atoms with Gasteiger partial charge in [-0.2, -0.15) is 5.10 Å². The number of nitrogens with zero attached hydrogens (tertiary/aromatic N) is 4. The van der Waals surface area contributed by atoms with Crippen LogP contribution in [-0.2, 0) is 26.7 Å². The van der Waals surface area contributed by atoms with Gasteiger partial charge in [0.15, 0.2) is 0 Å². The van der Waals surface area contributed by atoms with Crippen molar-refractivity contribution >= 4 is 11.3 Å². The van der Waals surface area contributed by atoms with Crippen LogP contribution in [0.2, 0.25) is 0 Å². The Hall–Kier alpha value is -1.40. The summed E-state index contributed by atoms with van der Waals surface area (Å²) < 4.78 is 3.20. The minimum atomic E-state index is -0.00313. The van der Waals surface area contributed by atoms with Crippen molar-refractivity contribution in [2.75, 3.05) is 6.54 Å². The highest BCUT2D eigenvalue weighted by molar-refractivity contribution is 7.11. The van der Waals surface area contributed by atoms with Crippen molar-refractivity contribution in [2.24, 2.45) is 7.05 Å². The van der Waals surface area contributed by atoms with Gasteiger partial charge < -0.3 is 0 Å². The molecule has 0 unspecified atom stereocenters. The van der Waals surface area contributed by atoms with Crippen molar-refractivity contribution in [1.82, 2.24) is 19.2 Å². The Morgan fingerprint density at radius 1 is 1.39 bits per heavy atom. The summed E-state index contributed by atoms with van der Waals surface area (Å²) in [6, 6.07) is 4.33. The molecule has 1 aliphatic rings. The molecule has 96 valence electrons. The summed E-state index contributed by atoms with van der Waals surface area (Å²) in [6.45, 7) is 5.49. The van der Waals surface area contributed by atoms with Crippen LogP contribution in [0.3, 0.4) is 0 Å².